The molecule has 1 aromatic carbocycles. The van der Waals surface area contributed by atoms with Crippen molar-refractivity contribution in [1.82, 2.24) is 10.3 Å². The molecule has 94 valence electrons. The quantitative estimate of drug-likeness (QED) is 0.903. The first kappa shape index (κ1) is 11.4. The molecule has 1 atom stereocenters. The molecule has 3 nitrogen and oxygen atoms in total. The predicted octanol–water partition coefficient (Wildman–Crippen LogP) is 2.50. The molecule has 18 heavy (non-hydrogen) atoms. The standard InChI is InChI=1S/C14H15FN2O/c15-12-5-1-3-10-6-8-17-14(13(10)12)18-9-11-4-2-7-16-11/h1,3,5-6,8,11,16H,2,4,7,9H2. The molecule has 0 spiro atoms. The van der Waals surface area contributed by atoms with Crippen LogP contribution in [-0.4, -0.2) is 24.2 Å². The summed E-state index contributed by atoms with van der Waals surface area (Å²) in [6.07, 6.45) is 3.93. The molecule has 1 aromatic heterocycles. The Bertz CT molecular complexity index is 547. The Morgan fingerprint density at radius 3 is 3.17 bits per heavy atom. The summed E-state index contributed by atoms with van der Waals surface area (Å²) in [7, 11) is 0. The van der Waals surface area contributed by atoms with Crippen molar-refractivity contribution < 1.29 is 9.13 Å². The van der Waals surface area contributed by atoms with Crippen LogP contribution < -0.4 is 10.1 Å². The van der Waals surface area contributed by atoms with Gasteiger partial charge in [0.15, 0.2) is 0 Å². The van der Waals surface area contributed by atoms with Crippen molar-refractivity contribution >= 4 is 10.8 Å². The van der Waals surface area contributed by atoms with Crippen LogP contribution in [0.2, 0.25) is 0 Å². The fourth-order valence-corrected chi connectivity index (χ4v) is 2.34. The summed E-state index contributed by atoms with van der Waals surface area (Å²) in [5, 5.41) is 4.63. The van der Waals surface area contributed by atoms with E-state index in [0.717, 1.165) is 18.4 Å². The van der Waals surface area contributed by atoms with Crippen LogP contribution in [0, 0.1) is 5.82 Å². The molecule has 0 bridgehead atoms. The lowest BCUT2D eigenvalue weighted by atomic mass is 10.1. The number of aromatic nitrogens is 1. The van der Waals surface area contributed by atoms with E-state index < -0.39 is 0 Å². The Morgan fingerprint density at radius 1 is 1.39 bits per heavy atom. The third-order valence-electron chi connectivity index (χ3n) is 3.29. The molecule has 0 aliphatic carbocycles. The molecular weight excluding hydrogens is 231 g/mol. The molecule has 2 aromatic rings. The number of hydrogen-bond acceptors (Lipinski definition) is 3. The highest BCUT2D eigenvalue weighted by atomic mass is 19.1. The van der Waals surface area contributed by atoms with Crippen LogP contribution in [0.15, 0.2) is 30.5 Å². The summed E-state index contributed by atoms with van der Waals surface area (Å²) in [6, 6.07) is 7.14. The van der Waals surface area contributed by atoms with E-state index in [9.17, 15) is 4.39 Å². The molecule has 0 amide bonds. The van der Waals surface area contributed by atoms with Crippen LogP contribution >= 0.6 is 0 Å². The highest BCUT2D eigenvalue weighted by molar-refractivity contribution is 5.87. The van der Waals surface area contributed by atoms with Crippen molar-refractivity contribution in [2.45, 2.75) is 18.9 Å². The van der Waals surface area contributed by atoms with E-state index in [2.05, 4.69) is 10.3 Å². The van der Waals surface area contributed by atoms with Gasteiger partial charge in [-0.05, 0) is 36.9 Å². The van der Waals surface area contributed by atoms with Crippen molar-refractivity contribution in [3.63, 3.8) is 0 Å². The highest BCUT2D eigenvalue weighted by Crippen LogP contribution is 2.26. The number of hydrogen-bond donors (Lipinski definition) is 1. The van der Waals surface area contributed by atoms with E-state index >= 15 is 0 Å². The molecule has 1 aliphatic rings. The predicted molar refractivity (Wildman–Crippen MR) is 68.2 cm³/mol. The fourth-order valence-electron chi connectivity index (χ4n) is 2.34. The van der Waals surface area contributed by atoms with Gasteiger partial charge in [-0.15, -0.1) is 0 Å². The molecule has 1 fully saturated rings. The first-order chi connectivity index (χ1) is 8.84. The van der Waals surface area contributed by atoms with Gasteiger partial charge in [-0.3, -0.25) is 0 Å². The number of nitrogens with one attached hydrogen (secondary N) is 1. The average molecular weight is 246 g/mol. The number of halogens is 1. The molecule has 1 aliphatic heterocycles. The van der Waals surface area contributed by atoms with Gasteiger partial charge in [0.25, 0.3) is 0 Å². The third-order valence-corrected chi connectivity index (χ3v) is 3.29. The number of rotatable bonds is 3. The number of pyridine rings is 1. The summed E-state index contributed by atoms with van der Waals surface area (Å²) in [5.41, 5.74) is 0. The number of ether oxygens (including phenoxy) is 1. The summed E-state index contributed by atoms with van der Waals surface area (Å²) >= 11 is 0. The number of fused-ring (bicyclic) bond motifs is 1. The monoisotopic (exact) mass is 246 g/mol. The molecule has 4 heteroatoms. The Labute approximate surface area is 105 Å². The number of benzene rings is 1. The van der Waals surface area contributed by atoms with Gasteiger partial charge >= 0.3 is 0 Å². The molecule has 2 heterocycles. The van der Waals surface area contributed by atoms with E-state index in [1.165, 1.54) is 12.5 Å². The summed E-state index contributed by atoms with van der Waals surface area (Å²) < 4.78 is 19.5. The zero-order valence-corrected chi connectivity index (χ0v) is 10.0. The van der Waals surface area contributed by atoms with E-state index in [-0.39, 0.29) is 5.82 Å². The molecule has 0 saturated carbocycles. The Hall–Kier alpha value is -1.68. The zero-order valence-electron chi connectivity index (χ0n) is 10.0. The van der Waals surface area contributed by atoms with Gasteiger partial charge in [0.1, 0.15) is 12.4 Å². The number of nitrogens with zero attached hydrogens (tertiary/aromatic N) is 1. The van der Waals surface area contributed by atoms with Crippen molar-refractivity contribution in [2.75, 3.05) is 13.2 Å². The molecule has 1 saturated heterocycles. The van der Waals surface area contributed by atoms with Gasteiger partial charge in [-0.25, -0.2) is 9.37 Å². The van der Waals surface area contributed by atoms with Gasteiger partial charge < -0.3 is 10.1 Å². The zero-order chi connectivity index (χ0) is 12.4. The third kappa shape index (κ3) is 2.16. The first-order valence-corrected chi connectivity index (χ1v) is 6.24. The minimum absolute atomic E-state index is 0.282. The lowest BCUT2D eigenvalue weighted by Crippen LogP contribution is -2.28. The topological polar surface area (TPSA) is 34.1 Å². The van der Waals surface area contributed by atoms with Gasteiger partial charge in [0.2, 0.25) is 5.88 Å². The molecule has 0 radical (unpaired) electrons. The van der Waals surface area contributed by atoms with Crippen LogP contribution in [0.1, 0.15) is 12.8 Å². The summed E-state index contributed by atoms with van der Waals surface area (Å²) in [5.74, 6) is 0.106. The second-order valence-electron chi connectivity index (χ2n) is 4.56. The first-order valence-electron chi connectivity index (χ1n) is 6.24. The van der Waals surface area contributed by atoms with E-state index in [4.69, 9.17) is 4.74 Å². The van der Waals surface area contributed by atoms with Crippen LogP contribution in [0.3, 0.4) is 0 Å². The van der Waals surface area contributed by atoms with Crippen molar-refractivity contribution in [3.05, 3.63) is 36.3 Å². The summed E-state index contributed by atoms with van der Waals surface area (Å²) in [6.45, 7) is 1.58. The van der Waals surface area contributed by atoms with Crippen molar-refractivity contribution in [2.24, 2.45) is 0 Å². The second-order valence-corrected chi connectivity index (χ2v) is 4.56. The van der Waals surface area contributed by atoms with Crippen molar-refractivity contribution in [1.29, 1.82) is 0 Å². The van der Waals surface area contributed by atoms with Gasteiger partial charge in [-0.1, -0.05) is 12.1 Å². The SMILES string of the molecule is Fc1cccc2ccnc(OCC3CCCN3)c12. The van der Waals surface area contributed by atoms with E-state index in [1.807, 2.05) is 6.07 Å². The smallest absolute Gasteiger partial charge is 0.224 e. The highest BCUT2D eigenvalue weighted by Gasteiger charge is 2.16. The van der Waals surface area contributed by atoms with Crippen LogP contribution in [0.25, 0.3) is 10.8 Å². The maximum Gasteiger partial charge on any atom is 0.224 e. The summed E-state index contributed by atoms with van der Waals surface area (Å²) in [4.78, 5) is 4.14. The normalized spacial score (nSPS) is 19.3. The second kappa shape index (κ2) is 4.90. The molecular formula is C14H15FN2O. The Balaban J connectivity index is 1.86. The lowest BCUT2D eigenvalue weighted by molar-refractivity contribution is 0.270. The molecule has 1 N–H and O–H groups in total. The van der Waals surface area contributed by atoms with E-state index in [0.29, 0.717) is 23.9 Å². The average Bonchev–Trinajstić information content (AvgIpc) is 2.89. The Kier molecular flexibility index (Phi) is 3.11. The molecule has 1 unspecified atom stereocenters. The lowest BCUT2D eigenvalue weighted by Gasteiger charge is -2.13. The maximum absolute atomic E-state index is 13.8. The van der Waals surface area contributed by atoms with Gasteiger partial charge in [0.05, 0.1) is 5.39 Å². The van der Waals surface area contributed by atoms with E-state index in [1.54, 1.807) is 18.3 Å². The van der Waals surface area contributed by atoms with Gasteiger partial charge in [0, 0.05) is 12.2 Å². The Morgan fingerprint density at radius 2 is 2.33 bits per heavy atom. The van der Waals surface area contributed by atoms with Crippen LogP contribution in [-0.2, 0) is 0 Å². The largest absolute Gasteiger partial charge is 0.475 e. The van der Waals surface area contributed by atoms with Gasteiger partial charge in [-0.2, -0.15) is 0 Å². The molecule has 3 rings (SSSR count). The fraction of sp³-hybridized carbons (Fsp3) is 0.357. The maximum atomic E-state index is 13.8. The van der Waals surface area contributed by atoms with Crippen molar-refractivity contribution in [3.8, 4) is 5.88 Å². The van der Waals surface area contributed by atoms with Crippen LogP contribution in [0.5, 0.6) is 5.88 Å². The minimum Gasteiger partial charge on any atom is -0.475 e. The minimum atomic E-state index is -0.282. The van der Waals surface area contributed by atoms with Crippen LogP contribution in [0.4, 0.5) is 4.39 Å².